The van der Waals surface area contributed by atoms with Gasteiger partial charge in [-0.2, -0.15) is 0 Å². The molecule has 0 aliphatic heterocycles. The smallest absolute Gasteiger partial charge is 0.323 e. The summed E-state index contributed by atoms with van der Waals surface area (Å²) in [7, 11) is 1.77. The van der Waals surface area contributed by atoms with Crippen LogP contribution in [0.5, 0.6) is 0 Å². The zero-order valence-electron chi connectivity index (χ0n) is 12.5. The van der Waals surface area contributed by atoms with Gasteiger partial charge in [0.2, 0.25) is 0 Å². The molecule has 112 valence electrons. The SMILES string of the molecule is CCOC(=O)C(CCn1ccnc1-c1ccccc1)NC. The van der Waals surface area contributed by atoms with Crippen molar-refractivity contribution in [1.82, 2.24) is 14.9 Å². The fourth-order valence-corrected chi connectivity index (χ4v) is 2.23. The number of nitrogens with one attached hydrogen (secondary N) is 1. The van der Waals surface area contributed by atoms with Crippen molar-refractivity contribution < 1.29 is 9.53 Å². The van der Waals surface area contributed by atoms with Crippen LogP contribution in [0.15, 0.2) is 42.7 Å². The van der Waals surface area contributed by atoms with Crippen LogP contribution in [0.25, 0.3) is 11.4 Å². The average molecular weight is 287 g/mol. The fraction of sp³-hybridized carbons (Fsp3) is 0.375. The number of likely N-dealkylation sites (N-methyl/N-ethyl adjacent to an activating group) is 1. The number of esters is 1. The van der Waals surface area contributed by atoms with Crippen LogP contribution in [0.2, 0.25) is 0 Å². The maximum atomic E-state index is 11.8. The number of ether oxygens (including phenoxy) is 1. The summed E-state index contributed by atoms with van der Waals surface area (Å²) in [5, 5.41) is 3.00. The zero-order chi connectivity index (χ0) is 15.1. The van der Waals surface area contributed by atoms with Gasteiger partial charge in [-0.3, -0.25) is 4.79 Å². The molecule has 0 saturated carbocycles. The van der Waals surface area contributed by atoms with Crippen LogP contribution in [0.3, 0.4) is 0 Å². The Balaban J connectivity index is 2.04. The van der Waals surface area contributed by atoms with Gasteiger partial charge in [-0.1, -0.05) is 30.3 Å². The lowest BCUT2D eigenvalue weighted by atomic mass is 10.2. The summed E-state index contributed by atoms with van der Waals surface area (Å²) in [5.41, 5.74) is 1.07. The highest BCUT2D eigenvalue weighted by Crippen LogP contribution is 2.17. The molecule has 1 unspecified atom stereocenters. The van der Waals surface area contributed by atoms with Gasteiger partial charge in [0.25, 0.3) is 0 Å². The van der Waals surface area contributed by atoms with Gasteiger partial charge < -0.3 is 14.6 Å². The Morgan fingerprint density at radius 1 is 1.38 bits per heavy atom. The van der Waals surface area contributed by atoms with Crippen molar-refractivity contribution >= 4 is 5.97 Å². The Labute approximate surface area is 125 Å². The molecule has 5 heteroatoms. The van der Waals surface area contributed by atoms with Gasteiger partial charge in [-0.15, -0.1) is 0 Å². The molecule has 0 bridgehead atoms. The number of hydrogen-bond acceptors (Lipinski definition) is 4. The molecule has 1 heterocycles. The highest BCUT2D eigenvalue weighted by atomic mass is 16.5. The van der Waals surface area contributed by atoms with Crippen LogP contribution in [0, 0.1) is 0 Å². The lowest BCUT2D eigenvalue weighted by Crippen LogP contribution is -2.36. The first-order chi connectivity index (χ1) is 10.3. The molecule has 0 spiro atoms. The van der Waals surface area contributed by atoms with Crippen molar-refractivity contribution in [2.75, 3.05) is 13.7 Å². The van der Waals surface area contributed by atoms with Crippen molar-refractivity contribution in [3.63, 3.8) is 0 Å². The zero-order valence-corrected chi connectivity index (χ0v) is 12.5. The molecule has 0 radical (unpaired) electrons. The van der Waals surface area contributed by atoms with Crippen LogP contribution < -0.4 is 5.32 Å². The van der Waals surface area contributed by atoms with E-state index in [1.165, 1.54) is 0 Å². The minimum Gasteiger partial charge on any atom is -0.465 e. The van der Waals surface area contributed by atoms with E-state index in [9.17, 15) is 4.79 Å². The number of aryl methyl sites for hydroxylation is 1. The Morgan fingerprint density at radius 2 is 2.14 bits per heavy atom. The molecule has 1 atom stereocenters. The number of carbonyl (C=O) groups is 1. The maximum absolute atomic E-state index is 11.8. The predicted octanol–water partition coefficient (Wildman–Crippen LogP) is 2.09. The normalized spacial score (nSPS) is 12.1. The molecule has 5 nitrogen and oxygen atoms in total. The van der Waals surface area contributed by atoms with Gasteiger partial charge in [0.1, 0.15) is 11.9 Å². The van der Waals surface area contributed by atoms with Crippen LogP contribution in [0.1, 0.15) is 13.3 Å². The van der Waals surface area contributed by atoms with Crippen molar-refractivity contribution in [2.24, 2.45) is 0 Å². The maximum Gasteiger partial charge on any atom is 0.323 e. The van der Waals surface area contributed by atoms with Gasteiger partial charge in [0, 0.05) is 24.5 Å². The highest BCUT2D eigenvalue weighted by molar-refractivity contribution is 5.75. The van der Waals surface area contributed by atoms with Crippen molar-refractivity contribution in [3.8, 4) is 11.4 Å². The molecule has 1 aromatic carbocycles. The fourth-order valence-electron chi connectivity index (χ4n) is 2.23. The van der Waals surface area contributed by atoms with Crippen LogP contribution in [-0.4, -0.2) is 35.2 Å². The molecule has 2 aromatic rings. The topological polar surface area (TPSA) is 56.2 Å². The van der Waals surface area contributed by atoms with E-state index >= 15 is 0 Å². The van der Waals surface area contributed by atoms with Crippen LogP contribution >= 0.6 is 0 Å². The van der Waals surface area contributed by atoms with Gasteiger partial charge >= 0.3 is 5.97 Å². The summed E-state index contributed by atoms with van der Waals surface area (Å²) in [6, 6.07) is 9.72. The molecule has 1 aromatic heterocycles. The van der Waals surface area contributed by atoms with Crippen molar-refractivity contribution in [2.45, 2.75) is 25.9 Å². The largest absolute Gasteiger partial charge is 0.465 e. The minimum absolute atomic E-state index is 0.207. The number of aromatic nitrogens is 2. The Bertz CT molecular complexity index is 566. The predicted molar refractivity (Wildman–Crippen MR) is 81.8 cm³/mol. The first-order valence-electron chi connectivity index (χ1n) is 7.16. The minimum atomic E-state index is -0.295. The van der Waals surface area contributed by atoms with Gasteiger partial charge in [0.15, 0.2) is 0 Å². The quantitative estimate of drug-likeness (QED) is 0.792. The highest BCUT2D eigenvalue weighted by Gasteiger charge is 2.18. The standard InChI is InChI=1S/C16H21N3O2/c1-3-21-16(20)14(17-2)9-11-19-12-10-18-15(19)13-7-5-4-6-8-13/h4-8,10,12,14,17H,3,9,11H2,1-2H3. The molecule has 0 amide bonds. The second-order valence-electron chi connectivity index (χ2n) is 4.69. The van der Waals surface area contributed by atoms with E-state index < -0.39 is 0 Å². The number of carbonyl (C=O) groups excluding carboxylic acids is 1. The lowest BCUT2D eigenvalue weighted by Gasteiger charge is -2.15. The third-order valence-corrected chi connectivity index (χ3v) is 3.33. The van der Waals surface area contributed by atoms with Gasteiger partial charge in [0.05, 0.1) is 6.61 Å². The summed E-state index contributed by atoms with van der Waals surface area (Å²) in [6.45, 7) is 2.92. The second-order valence-corrected chi connectivity index (χ2v) is 4.69. The third-order valence-electron chi connectivity index (χ3n) is 3.33. The summed E-state index contributed by atoms with van der Waals surface area (Å²) in [4.78, 5) is 16.2. The van der Waals surface area contributed by atoms with E-state index in [1.54, 1.807) is 13.2 Å². The summed E-state index contributed by atoms with van der Waals surface area (Å²) >= 11 is 0. The lowest BCUT2D eigenvalue weighted by molar-refractivity contribution is -0.145. The Morgan fingerprint density at radius 3 is 2.81 bits per heavy atom. The van der Waals surface area contributed by atoms with Gasteiger partial charge in [-0.25, -0.2) is 4.98 Å². The van der Waals surface area contributed by atoms with Crippen LogP contribution in [-0.2, 0) is 16.1 Å². The van der Waals surface area contributed by atoms with E-state index in [0.29, 0.717) is 19.6 Å². The molecule has 0 fully saturated rings. The Hall–Kier alpha value is -2.14. The van der Waals surface area contributed by atoms with Gasteiger partial charge in [-0.05, 0) is 20.4 Å². The molecule has 1 N–H and O–H groups in total. The van der Waals surface area contributed by atoms with Crippen LogP contribution in [0.4, 0.5) is 0 Å². The molecule has 0 aliphatic rings. The number of rotatable bonds is 7. The van der Waals surface area contributed by atoms with E-state index in [4.69, 9.17) is 4.74 Å². The second kappa shape index (κ2) is 7.59. The Kier molecular flexibility index (Phi) is 5.51. The number of hydrogen-bond donors (Lipinski definition) is 1. The molecule has 2 rings (SSSR count). The van der Waals surface area contributed by atoms with Crippen molar-refractivity contribution in [1.29, 1.82) is 0 Å². The molecule has 0 saturated heterocycles. The first kappa shape index (κ1) is 15.3. The molecular formula is C16H21N3O2. The summed E-state index contributed by atoms with van der Waals surface area (Å²) < 4.78 is 7.11. The first-order valence-corrected chi connectivity index (χ1v) is 7.16. The third kappa shape index (κ3) is 3.92. The summed E-state index contributed by atoms with van der Waals surface area (Å²) in [5.74, 6) is 0.704. The monoisotopic (exact) mass is 287 g/mol. The van der Waals surface area contributed by atoms with E-state index in [-0.39, 0.29) is 12.0 Å². The number of benzene rings is 1. The van der Waals surface area contributed by atoms with E-state index in [0.717, 1.165) is 11.4 Å². The van der Waals surface area contributed by atoms with E-state index in [2.05, 4.69) is 14.9 Å². The number of nitrogens with zero attached hydrogens (tertiary/aromatic N) is 2. The van der Waals surface area contributed by atoms with Crippen molar-refractivity contribution in [3.05, 3.63) is 42.7 Å². The van der Waals surface area contributed by atoms with E-state index in [1.807, 2.05) is 43.5 Å². The molecule has 0 aliphatic carbocycles. The number of imidazole rings is 1. The molecular weight excluding hydrogens is 266 g/mol. The summed E-state index contributed by atoms with van der Waals surface area (Å²) in [6.07, 6.45) is 4.37. The average Bonchev–Trinajstić information content (AvgIpc) is 2.97. The molecule has 21 heavy (non-hydrogen) atoms.